The predicted molar refractivity (Wildman–Crippen MR) is 56.3 cm³/mol. The molecule has 1 aliphatic heterocycles. The summed E-state index contributed by atoms with van der Waals surface area (Å²) in [6.07, 6.45) is 1.66. The summed E-state index contributed by atoms with van der Waals surface area (Å²) in [5.41, 5.74) is 0. The first kappa shape index (κ1) is 10.8. The third-order valence-electron chi connectivity index (χ3n) is 2.51. The third-order valence-corrected chi connectivity index (χ3v) is 3.32. The standard InChI is InChI=1S/C9H14N2O3S/c12-15(13)11-5-3-10(4-6-11)8-9-2-1-7-14-9/h1-2,7H,3-6,8H2,(H,12,13). The van der Waals surface area contributed by atoms with E-state index in [2.05, 4.69) is 4.90 Å². The first-order valence-electron chi connectivity index (χ1n) is 4.86. The molecule has 5 nitrogen and oxygen atoms in total. The molecule has 1 N–H and O–H groups in total. The van der Waals surface area contributed by atoms with E-state index < -0.39 is 11.3 Å². The predicted octanol–water partition coefficient (Wildman–Crippen LogP) is 0.534. The Labute approximate surface area is 91.1 Å². The average Bonchev–Trinajstić information content (AvgIpc) is 2.71. The van der Waals surface area contributed by atoms with E-state index in [4.69, 9.17) is 8.97 Å². The van der Waals surface area contributed by atoms with Gasteiger partial charge < -0.3 is 4.42 Å². The van der Waals surface area contributed by atoms with Crippen LogP contribution in [-0.2, 0) is 17.8 Å². The van der Waals surface area contributed by atoms with Crippen molar-refractivity contribution in [3.63, 3.8) is 0 Å². The normalized spacial score (nSPS) is 21.7. The van der Waals surface area contributed by atoms with Crippen molar-refractivity contribution in [1.29, 1.82) is 0 Å². The quantitative estimate of drug-likeness (QED) is 0.770. The van der Waals surface area contributed by atoms with E-state index in [1.54, 1.807) is 10.6 Å². The molecule has 1 saturated heterocycles. The lowest BCUT2D eigenvalue weighted by Gasteiger charge is -2.31. The minimum Gasteiger partial charge on any atom is -0.468 e. The molecule has 1 atom stereocenters. The number of hydrogen-bond donors (Lipinski definition) is 1. The molecule has 0 spiro atoms. The Morgan fingerprint density at radius 3 is 2.67 bits per heavy atom. The molecule has 1 aliphatic rings. The zero-order valence-electron chi connectivity index (χ0n) is 8.33. The van der Waals surface area contributed by atoms with E-state index in [9.17, 15) is 4.21 Å². The Kier molecular flexibility index (Phi) is 3.53. The van der Waals surface area contributed by atoms with Crippen LogP contribution in [0.2, 0.25) is 0 Å². The van der Waals surface area contributed by atoms with Gasteiger partial charge in [0.1, 0.15) is 5.76 Å². The van der Waals surface area contributed by atoms with Crippen LogP contribution in [0.5, 0.6) is 0 Å². The molecule has 0 radical (unpaired) electrons. The fourth-order valence-corrected chi connectivity index (χ4v) is 2.14. The van der Waals surface area contributed by atoms with Crippen molar-refractivity contribution in [2.45, 2.75) is 6.54 Å². The molecule has 0 aromatic carbocycles. The second kappa shape index (κ2) is 4.89. The van der Waals surface area contributed by atoms with Gasteiger partial charge >= 0.3 is 0 Å². The Morgan fingerprint density at radius 2 is 2.13 bits per heavy atom. The van der Waals surface area contributed by atoms with Crippen molar-refractivity contribution in [3.8, 4) is 0 Å². The molecular weight excluding hydrogens is 216 g/mol. The molecular formula is C9H14N2O3S. The van der Waals surface area contributed by atoms with E-state index in [-0.39, 0.29) is 0 Å². The number of rotatable bonds is 3. The molecule has 0 aliphatic carbocycles. The highest BCUT2D eigenvalue weighted by Gasteiger charge is 2.20. The molecule has 1 aromatic heterocycles. The fraction of sp³-hybridized carbons (Fsp3) is 0.556. The molecule has 1 unspecified atom stereocenters. The third kappa shape index (κ3) is 2.88. The SMILES string of the molecule is O=S(O)N1CCN(Cc2ccco2)CC1. The summed E-state index contributed by atoms with van der Waals surface area (Å²) in [5.74, 6) is 0.938. The van der Waals surface area contributed by atoms with Crippen LogP contribution in [0.25, 0.3) is 0 Å². The highest BCUT2D eigenvalue weighted by atomic mass is 32.2. The molecule has 84 valence electrons. The lowest BCUT2D eigenvalue weighted by Crippen LogP contribution is -2.46. The molecule has 1 fully saturated rings. The van der Waals surface area contributed by atoms with Crippen molar-refractivity contribution in [2.75, 3.05) is 26.2 Å². The fourth-order valence-electron chi connectivity index (χ4n) is 1.67. The van der Waals surface area contributed by atoms with Crippen molar-refractivity contribution < 1.29 is 13.2 Å². The van der Waals surface area contributed by atoms with Crippen LogP contribution < -0.4 is 0 Å². The van der Waals surface area contributed by atoms with E-state index in [1.165, 1.54) is 0 Å². The van der Waals surface area contributed by atoms with E-state index >= 15 is 0 Å². The van der Waals surface area contributed by atoms with Gasteiger partial charge in [0.2, 0.25) is 11.3 Å². The summed E-state index contributed by atoms with van der Waals surface area (Å²) in [6.45, 7) is 3.63. The Balaban J connectivity index is 1.81. The van der Waals surface area contributed by atoms with Crippen molar-refractivity contribution in [3.05, 3.63) is 24.2 Å². The lowest BCUT2D eigenvalue weighted by molar-refractivity contribution is 0.170. The van der Waals surface area contributed by atoms with Gasteiger partial charge in [-0.05, 0) is 12.1 Å². The van der Waals surface area contributed by atoms with Crippen LogP contribution in [0.15, 0.2) is 22.8 Å². The lowest BCUT2D eigenvalue weighted by atomic mass is 10.3. The summed E-state index contributed by atoms with van der Waals surface area (Å²) in [4.78, 5) is 2.21. The second-order valence-electron chi connectivity index (χ2n) is 3.52. The molecule has 0 saturated carbocycles. The van der Waals surface area contributed by atoms with Gasteiger partial charge in [0.15, 0.2) is 0 Å². The number of piperazine rings is 1. The van der Waals surface area contributed by atoms with Gasteiger partial charge in [-0.15, -0.1) is 0 Å². The van der Waals surface area contributed by atoms with Crippen molar-refractivity contribution >= 4 is 11.3 Å². The highest BCUT2D eigenvalue weighted by Crippen LogP contribution is 2.09. The number of furan rings is 1. The van der Waals surface area contributed by atoms with Gasteiger partial charge in [-0.1, -0.05) is 0 Å². The summed E-state index contributed by atoms with van der Waals surface area (Å²) < 4.78 is 26.5. The number of hydrogen-bond acceptors (Lipinski definition) is 3. The zero-order valence-corrected chi connectivity index (χ0v) is 9.15. The van der Waals surface area contributed by atoms with Crippen LogP contribution >= 0.6 is 0 Å². The van der Waals surface area contributed by atoms with Gasteiger partial charge in [-0.3, -0.25) is 9.45 Å². The van der Waals surface area contributed by atoms with Gasteiger partial charge in [0.05, 0.1) is 12.8 Å². The minimum atomic E-state index is -1.82. The highest BCUT2D eigenvalue weighted by molar-refractivity contribution is 7.76. The maximum Gasteiger partial charge on any atom is 0.234 e. The van der Waals surface area contributed by atoms with Crippen molar-refractivity contribution in [2.24, 2.45) is 0 Å². The summed E-state index contributed by atoms with van der Waals surface area (Å²) >= 11 is -1.82. The minimum absolute atomic E-state index is 0.629. The van der Waals surface area contributed by atoms with E-state index in [0.717, 1.165) is 25.4 Å². The summed E-state index contributed by atoms with van der Waals surface area (Å²) in [7, 11) is 0. The molecule has 0 amide bonds. The van der Waals surface area contributed by atoms with Crippen LogP contribution in [0.1, 0.15) is 5.76 Å². The Hall–Kier alpha value is -0.690. The second-order valence-corrected chi connectivity index (χ2v) is 4.49. The number of nitrogens with zero attached hydrogens (tertiary/aromatic N) is 2. The monoisotopic (exact) mass is 230 g/mol. The first-order chi connectivity index (χ1) is 7.25. The van der Waals surface area contributed by atoms with Crippen LogP contribution in [0.4, 0.5) is 0 Å². The van der Waals surface area contributed by atoms with E-state index in [1.807, 2.05) is 12.1 Å². The molecule has 0 bridgehead atoms. The zero-order chi connectivity index (χ0) is 10.7. The summed E-state index contributed by atoms with van der Waals surface area (Å²) in [5, 5.41) is 0. The maximum absolute atomic E-state index is 10.8. The molecule has 6 heteroatoms. The molecule has 1 aromatic rings. The van der Waals surface area contributed by atoms with Gasteiger partial charge in [-0.25, -0.2) is 4.21 Å². The molecule has 2 rings (SSSR count). The molecule has 2 heterocycles. The average molecular weight is 230 g/mol. The molecule has 15 heavy (non-hydrogen) atoms. The van der Waals surface area contributed by atoms with Crippen molar-refractivity contribution in [1.82, 2.24) is 9.21 Å². The largest absolute Gasteiger partial charge is 0.468 e. The smallest absolute Gasteiger partial charge is 0.234 e. The van der Waals surface area contributed by atoms with Gasteiger partial charge in [0.25, 0.3) is 0 Å². The van der Waals surface area contributed by atoms with Gasteiger partial charge in [0, 0.05) is 26.2 Å². The van der Waals surface area contributed by atoms with Gasteiger partial charge in [-0.2, -0.15) is 4.31 Å². The maximum atomic E-state index is 10.8. The summed E-state index contributed by atoms with van der Waals surface area (Å²) in [6, 6.07) is 3.81. The van der Waals surface area contributed by atoms with Crippen LogP contribution in [0, 0.1) is 0 Å². The Morgan fingerprint density at radius 1 is 1.40 bits per heavy atom. The Bertz CT molecular complexity index is 320. The topological polar surface area (TPSA) is 56.9 Å². The first-order valence-corrected chi connectivity index (χ1v) is 5.93. The van der Waals surface area contributed by atoms with Crippen LogP contribution in [-0.4, -0.2) is 44.1 Å². The van der Waals surface area contributed by atoms with Crippen LogP contribution in [0.3, 0.4) is 0 Å². The van der Waals surface area contributed by atoms with E-state index in [0.29, 0.717) is 13.1 Å².